The Morgan fingerprint density at radius 1 is 0.400 bits per heavy atom. The second-order valence-corrected chi connectivity index (χ2v) is 15.1. The molecule has 0 heterocycles. The Morgan fingerprint density at radius 3 is 1.07 bits per heavy atom. The van der Waals surface area contributed by atoms with E-state index in [1.54, 1.807) is 0 Å². The molecule has 0 fully saturated rings. The number of hydrogen-bond acceptors (Lipinski definition) is 20. The number of guanidine groups is 1. The Hall–Kier alpha value is -8.84. The number of rotatable bonds is 36. The fraction of sp³-hybridized carbons (Fsp3) is 0.579. The van der Waals surface area contributed by atoms with E-state index >= 15 is 0 Å². The minimum absolute atomic E-state index is 0.00918. The number of aliphatic imine (C=N–C) groups is 1. The Labute approximate surface area is 424 Å². The molecule has 0 aliphatic heterocycles. The minimum atomic E-state index is -1.68. The van der Waals surface area contributed by atoms with Crippen molar-refractivity contribution in [3.63, 3.8) is 0 Å². The van der Waals surface area contributed by atoms with Gasteiger partial charge in [-0.1, -0.05) is 0 Å². The summed E-state index contributed by atoms with van der Waals surface area (Å²) in [5, 5.41) is 67.1. The SMILES string of the molecule is C[C@H](NC(=O)[C@H](CCCN=C(N)N)NC(=O)CNC(=O)CNC(=O)[C@H](CO)NC(=O)CNC(=O)CNC(=O)CNC(=O)CN)C(=O)N[C@@H](CO)C(=O)NCC(=O)NCC(=O)NCC(=O)NCC(=O)N[C@@H](CO)C(=O)O. The number of carboxylic acids is 1. The first-order chi connectivity index (χ1) is 35.3. The van der Waals surface area contributed by atoms with Crippen LogP contribution in [-0.4, -0.2) is 237 Å². The van der Waals surface area contributed by atoms with Crippen molar-refractivity contribution in [1.82, 2.24) is 74.4 Å². The number of nitrogens with zero attached hydrogens (tertiary/aromatic N) is 1. The molecule has 0 aliphatic rings. The van der Waals surface area contributed by atoms with E-state index in [2.05, 4.69) is 74.1 Å². The Kier molecular flexibility index (Phi) is 32.6. The van der Waals surface area contributed by atoms with E-state index in [0.717, 1.165) is 0 Å². The molecule has 0 aliphatic carbocycles. The largest absolute Gasteiger partial charge is 0.480 e. The molecule has 0 saturated carbocycles. The maximum absolute atomic E-state index is 13.3. The van der Waals surface area contributed by atoms with Crippen LogP contribution in [0, 0.1) is 0 Å². The lowest BCUT2D eigenvalue weighted by molar-refractivity contribution is -0.143. The fourth-order valence-corrected chi connectivity index (χ4v) is 5.04. The van der Waals surface area contributed by atoms with Gasteiger partial charge in [0.1, 0.15) is 30.2 Å². The van der Waals surface area contributed by atoms with Gasteiger partial charge in [0, 0.05) is 6.54 Å². The number of nitrogens with one attached hydrogen (secondary N) is 14. The summed E-state index contributed by atoms with van der Waals surface area (Å²) in [6.07, 6.45) is -0.0423. The van der Waals surface area contributed by atoms with Crippen molar-refractivity contribution in [3.8, 4) is 0 Å². The third kappa shape index (κ3) is 31.3. The van der Waals surface area contributed by atoms with E-state index in [9.17, 15) is 82.1 Å². The normalized spacial score (nSPS) is 12.3. The molecule has 37 heteroatoms. The summed E-state index contributed by atoms with van der Waals surface area (Å²) in [6, 6.07) is -7.72. The van der Waals surface area contributed by atoms with Crippen LogP contribution in [0.2, 0.25) is 0 Å². The van der Waals surface area contributed by atoms with Crippen molar-refractivity contribution >= 4 is 94.6 Å². The zero-order valence-corrected chi connectivity index (χ0v) is 40.3. The van der Waals surface area contributed by atoms with E-state index in [1.165, 1.54) is 6.92 Å². The molecule has 75 heavy (non-hydrogen) atoms. The van der Waals surface area contributed by atoms with Crippen LogP contribution in [0.4, 0.5) is 0 Å². The van der Waals surface area contributed by atoms with Crippen molar-refractivity contribution in [2.45, 2.75) is 50.0 Å². The number of carbonyl (C=O) groups excluding carboxylic acids is 14. The van der Waals surface area contributed by atoms with Crippen molar-refractivity contribution in [3.05, 3.63) is 0 Å². The smallest absolute Gasteiger partial charge is 0.328 e. The van der Waals surface area contributed by atoms with E-state index in [-0.39, 0.29) is 31.9 Å². The van der Waals surface area contributed by atoms with Gasteiger partial charge >= 0.3 is 5.97 Å². The highest BCUT2D eigenvalue weighted by Gasteiger charge is 2.28. The summed E-state index contributed by atoms with van der Waals surface area (Å²) in [6.45, 7) is -8.14. The Balaban J connectivity index is 5.05. The molecule has 0 aromatic rings. The molecule has 420 valence electrons. The van der Waals surface area contributed by atoms with Gasteiger partial charge in [-0.3, -0.25) is 72.1 Å². The van der Waals surface area contributed by atoms with Crippen LogP contribution in [0.5, 0.6) is 0 Å². The number of nitrogens with two attached hydrogens (primary N) is 3. The Bertz CT molecular complexity index is 2090. The van der Waals surface area contributed by atoms with Gasteiger partial charge < -0.3 is 112 Å². The van der Waals surface area contributed by atoms with Gasteiger partial charge in [0.15, 0.2) is 5.96 Å². The second kappa shape index (κ2) is 37.0. The highest BCUT2D eigenvalue weighted by molar-refractivity contribution is 5.97. The number of amides is 14. The quantitative estimate of drug-likeness (QED) is 0.0157. The molecular weight excluding hydrogens is 1010 g/mol. The maximum Gasteiger partial charge on any atom is 0.328 e. The maximum atomic E-state index is 13.3. The highest BCUT2D eigenvalue weighted by Crippen LogP contribution is 2.01. The summed E-state index contributed by atoms with van der Waals surface area (Å²) in [7, 11) is 0. The van der Waals surface area contributed by atoms with E-state index in [0.29, 0.717) is 0 Å². The van der Waals surface area contributed by atoms with Crippen molar-refractivity contribution in [2.75, 3.05) is 91.8 Å². The van der Waals surface area contributed by atoms with Crippen LogP contribution in [0.25, 0.3) is 0 Å². The predicted molar refractivity (Wildman–Crippen MR) is 250 cm³/mol. The van der Waals surface area contributed by atoms with E-state index in [4.69, 9.17) is 27.4 Å². The van der Waals surface area contributed by atoms with Crippen LogP contribution in [-0.2, 0) is 71.9 Å². The number of aliphatic carboxylic acids is 1. The molecule has 0 spiro atoms. The monoisotopic (exact) mass is 1080 g/mol. The van der Waals surface area contributed by atoms with Crippen molar-refractivity contribution in [1.29, 1.82) is 0 Å². The zero-order chi connectivity index (χ0) is 57.0. The van der Waals surface area contributed by atoms with Crippen LogP contribution in [0.3, 0.4) is 0 Å². The van der Waals surface area contributed by atoms with Crippen LogP contribution >= 0.6 is 0 Å². The average molecular weight is 1080 g/mol. The lowest BCUT2D eigenvalue weighted by atomic mass is 10.1. The highest BCUT2D eigenvalue weighted by atomic mass is 16.4. The third-order valence-corrected chi connectivity index (χ3v) is 8.97. The molecule has 0 aromatic heterocycles. The molecule has 0 rings (SSSR count). The van der Waals surface area contributed by atoms with Crippen molar-refractivity contribution < 1.29 is 92.3 Å². The molecule has 5 atom stereocenters. The topological polar surface area (TPSA) is 596 Å². The second-order valence-electron chi connectivity index (χ2n) is 15.1. The summed E-state index contributed by atoms with van der Waals surface area (Å²) in [5.74, 6) is -14.6. The van der Waals surface area contributed by atoms with Gasteiger partial charge in [0.05, 0.1) is 85.3 Å². The average Bonchev–Trinajstić information content (AvgIpc) is 3.37. The van der Waals surface area contributed by atoms with Gasteiger partial charge in [0.2, 0.25) is 82.7 Å². The lowest BCUT2D eigenvalue weighted by Gasteiger charge is -2.23. The minimum Gasteiger partial charge on any atom is -0.480 e. The molecule has 0 aromatic carbocycles. The summed E-state index contributed by atoms with van der Waals surface area (Å²) in [5.41, 5.74) is 15.7. The van der Waals surface area contributed by atoms with Crippen LogP contribution in [0.1, 0.15) is 19.8 Å². The van der Waals surface area contributed by atoms with Crippen LogP contribution in [0.15, 0.2) is 4.99 Å². The number of aliphatic hydroxyl groups excluding tert-OH is 3. The predicted octanol–water partition coefficient (Wildman–Crippen LogP) is -15.5. The fourth-order valence-electron chi connectivity index (χ4n) is 5.04. The zero-order valence-electron chi connectivity index (χ0n) is 40.3. The molecule has 24 N–H and O–H groups in total. The Morgan fingerprint density at radius 2 is 0.720 bits per heavy atom. The van der Waals surface area contributed by atoms with Gasteiger partial charge in [0.25, 0.3) is 0 Å². The van der Waals surface area contributed by atoms with Crippen LogP contribution < -0.4 is 91.6 Å². The first-order valence-electron chi connectivity index (χ1n) is 22.1. The molecule has 0 unspecified atom stereocenters. The van der Waals surface area contributed by atoms with Gasteiger partial charge in [-0.05, 0) is 19.8 Å². The summed E-state index contributed by atoms with van der Waals surface area (Å²) in [4.78, 5) is 186. The van der Waals surface area contributed by atoms with Gasteiger partial charge in [-0.2, -0.15) is 0 Å². The summed E-state index contributed by atoms with van der Waals surface area (Å²) >= 11 is 0. The summed E-state index contributed by atoms with van der Waals surface area (Å²) < 4.78 is 0. The number of carbonyl (C=O) groups is 15. The third-order valence-electron chi connectivity index (χ3n) is 8.97. The van der Waals surface area contributed by atoms with Gasteiger partial charge in [-0.25, -0.2) is 4.79 Å². The van der Waals surface area contributed by atoms with E-state index in [1.807, 2.05) is 5.32 Å². The molecule has 0 radical (unpaired) electrons. The van der Waals surface area contributed by atoms with Crippen molar-refractivity contribution in [2.24, 2.45) is 22.2 Å². The number of hydrogen-bond donors (Lipinski definition) is 21. The molecule has 0 bridgehead atoms. The molecular formula is C38H64N18O19. The molecule has 14 amide bonds. The standard InChI is InChI=1S/C38H64N18O19/c1-18(33(70)56-21(16-58)35(72)51-10-28(65)46-7-25(62)45-9-27(64)48-14-32(69)55-22(17-59)37(74)75)52-36(73)19(3-2-4-42-38(40)41)53-30(67)12-49-29(66)11-50-34(71)20(15-57)54-31(68)13-47-26(63)8-44-24(61)6-43-23(60)5-39/h18-22,57-59H,2-17,39H2,1H3,(H,43,60)(H,44,61)(H,45,62)(H,46,65)(H,47,63)(H,48,64)(H,49,66)(H,50,71)(H,51,72)(H,52,73)(H,53,67)(H,54,68)(H,55,69)(H,56,70)(H,74,75)(H4,40,41,42)/t18-,19-,20-,21-,22-/m0/s1. The number of aliphatic hydroxyl groups is 3. The first-order valence-corrected chi connectivity index (χ1v) is 22.1. The first kappa shape index (κ1) is 66.2. The van der Waals surface area contributed by atoms with E-state index < -0.39 is 198 Å². The van der Waals surface area contributed by atoms with Gasteiger partial charge in [-0.15, -0.1) is 0 Å². The molecule has 0 saturated heterocycles. The number of carboxylic acid groups (broad SMARTS) is 1. The lowest BCUT2D eigenvalue weighted by Crippen LogP contribution is -2.57. The molecule has 37 nitrogen and oxygen atoms in total.